The van der Waals surface area contributed by atoms with E-state index < -0.39 is 9.05 Å². The predicted octanol–water partition coefficient (Wildman–Crippen LogP) is 2.08. The summed E-state index contributed by atoms with van der Waals surface area (Å²) >= 11 is 0. The van der Waals surface area contributed by atoms with Crippen LogP contribution in [0, 0.1) is 6.92 Å². The van der Waals surface area contributed by atoms with Crippen LogP contribution in [0.15, 0.2) is 23.1 Å². The van der Waals surface area contributed by atoms with E-state index in [9.17, 15) is 13.2 Å². The van der Waals surface area contributed by atoms with Gasteiger partial charge >= 0.3 is 0 Å². The van der Waals surface area contributed by atoms with Gasteiger partial charge in [-0.05, 0) is 38.5 Å². The molecule has 0 bridgehead atoms. The molecular formula is C13H18ClNO4S. The van der Waals surface area contributed by atoms with Crippen molar-refractivity contribution in [3.05, 3.63) is 29.3 Å². The molecular weight excluding hydrogens is 302 g/mol. The number of carbonyl (C=O) groups is 1. The Balaban J connectivity index is 2.87. The van der Waals surface area contributed by atoms with Crippen LogP contribution in [-0.2, 0) is 13.8 Å². The molecule has 0 aromatic heterocycles. The van der Waals surface area contributed by atoms with Crippen LogP contribution in [0.2, 0.25) is 0 Å². The zero-order valence-corrected chi connectivity index (χ0v) is 13.2. The molecule has 1 atom stereocenters. The van der Waals surface area contributed by atoms with E-state index in [0.717, 1.165) is 0 Å². The summed E-state index contributed by atoms with van der Waals surface area (Å²) in [6, 6.07) is 4.20. The van der Waals surface area contributed by atoms with Crippen LogP contribution in [0.4, 0.5) is 0 Å². The molecule has 1 aromatic rings. The van der Waals surface area contributed by atoms with Crippen molar-refractivity contribution < 1.29 is 17.9 Å². The van der Waals surface area contributed by atoms with Crippen molar-refractivity contribution in [2.24, 2.45) is 0 Å². The smallest absolute Gasteiger partial charge is 0.261 e. The molecule has 1 N–H and O–H groups in total. The van der Waals surface area contributed by atoms with Crippen molar-refractivity contribution in [1.29, 1.82) is 0 Å². The lowest BCUT2D eigenvalue weighted by Crippen LogP contribution is -2.32. The molecule has 112 valence electrons. The highest BCUT2D eigenvalue weighted by Gasteiger charge is 2.16. The van der Waals surface area contributed by atoms with Gasteiger partial charge in [-0.3, -0.25) is 4.79 Å². The Bertz CT molecular complexity index is 586. The monoisotopic (exact) mass is 319 g/mol. The molecule has 0 heterocycles. The largest absolute Gasteiger partial charge is 0.377 e. The molecule has 0 aliphatic heterocycles. The number of rotatable bonds is 6. The van der Waals surface area contributed by atoms with Crippen molar-refractivity contribution in [3.8, 4) is 0 Å². The van der Waals surface area contributed by atoms with Crippen LogP contribution in [-0.4, -0.2) is 33.6 Å². The Morgan fingerprint density at radius 2 is 2.10 bits per heavy atom. The van der Waals surface area contributed by atoms with Crippen molar-refractivity contribution in [2.75, 3.05) is 13.2 Å². The number of aryl methyl sites for hydroxylation is 1. The first-order valence-corrected chi connectivity index (χ1v) is 8.51. The van der Waals surface area contributed by atoms with E-state index >= 15 is 0 Å². The Kier molecular flexibility index (Phi) is 5.98. The molecule has 0 spiro atoms. The minimum Gasteiger partial charge on any atom is -0.377 e. The number of nitrogens with one attached hydrogen (secondary N) is 1. The zero-order valence-electron chi connectivity index (χ0n) is 11.6. The average Bonchev–Trinajstić information content (AvgIpc) is 2.35. The van der Waals surface area contributed by atoms with Gasteiger partial charge in [-0.1, -0.05) is 6.07 Å². The van der Waals surface area contributed by atoms with Crippen LogP contribution < -0.4 is 5.32 Å². The number of carbonyl (C=O) groups excluding carboxylic acids is 1. The summed E-state index contributed by atoms with van der Waals surface area (Å²) in [6.07, 6.45) is -0.107. The SMILES string of the molecule is CCOC(C)CNC(=O)c1cc(S(=O)(=O)Cl)ccc1C. The molecule has 20 heavy (non-hydrogen) atoms. The normalized spacial score (nSPS) is 13.0. The minimum atomic E-state index is -3.85. The first-order valence-electron chi connectivity index (χ1n) is 6.20. The number of halogens is 1. The summed E-state index contributed by atoms with van der Waals surface area (Å²) in [5.41, 5.74) is 0.964. The molecule has 1 aromatic carbocycles. The van der Waals surface area contributed by atoms with Gasteiger partial charge in [0.05, 0.1) is 11.0 Å². The Labute approximate surface area is 123 Å². The molecule has 0 saturated carbocycles. The van der Waals surface area contributed by atoms with Crippen molar-refractivity contribution in [3.63, 3.8) is 0 Å². The second kappa shape index (κ2) is 7.06. The van der Waals surface area contributed by atoms with Crippen molar-refractivity contribution in [2.45, 2.75) is 31.8 Å². The average molecular weight is 320 g/mol. The molecule has 1 unspecified atom stereocenters. The third kappa shape index (κ3) is 4.77. The van der Waals surface area contributed by atoms with Crippen LogP contribution in [0.1, 0.15) is 29.8 Å². The molecule has 0 aliphatic carbocycles. The van der Waals surface area contributed by atoms with Crippen LogP contribution in [0.5, 0.6) is 0 Å². The third-order valence-electron chi connectivity index (χ3n) is 2.74. The van der Waals surface area contributed by atoms with E-state index in [1.807, 2.05) is 13.8 Å². The van der Waals surface area contributed by atoms with Gasteiger partial charge in [0.1, 0.15) is 0 Å². The van der Waals surface area contributed by atoms with E-state index in [0.29, 0.717) is 18.7 Å². The number of hydrogen-bond donors (Lipinski definition) is 1. The van der Waals surface area contributed by atoms with Gasteiger partial charge in [0.25, 0.3) is 15.0 Å². The minimum absolute atomic E-state index is 0.0900. The second-order valence-electron chi connectivity index (χ2n) is 4.39. The molecule has 1 amide bonds. The van der Waals surface area contributed by atoms with Crippen molar-refractivity contribution >= 4 is 25.6 Å². The lowest BCUT2D eigenvalue weighted by atomic mass is 10.1. The summed E-state index contributed by atoms with van der Waals surface area (Å²) in [5, 5.41) is 2.70. The van der Waals surface area contributed by atoms with E-state index in [4.69, 9.17) is 15.4 Å². The van der Waals surface area contributed by atoms with E-state index in [-0.39, 0.29) is 22.5 Å². The summed E-state index contributed by atoms with van der Waals surface area (Å²) in [6.45, 7) is 6.36. The Hall–Kier alpha value is -1.11. The zero-order chi connectivity index (χ0) is 15.3. The van der Waals surface area contributed by atoms with E-state index in [1.54, 1.807) is 13.0 Å². The number of ether oxygens (including phenoxy) is 1. The summed E-state index contributed by atoms with van der Waals surface area (Å²) < 4.78 is 27.9. The highest BCUT2D eigenvalue weighted by molar-refractivity contribution is 8.13. The predicted molar refractivity (Wildman–Crippen MR) is 77.6 cm³/mol. The van der Waals surface area contributed by atoms with Crippen LogP contribution in [0.25, 0.3) is 0 Å². The maximum absolute atomic E-state index is 12.0. The standard InChI is InChI=1S/C13H18ClNO4S/c1-4-19-10(3)8-15-13(16)12-7-11(20(14,17)18)6-5-9(12)2/h5-7,10H,4,8H2,1-3H3,(H,15,16). The number of hydrogen-bond acceptors (Lipinski definition) is 4. The lowest BCUT2D eigenvalue weighted by Gasteiger charge is -2.13. The molecule has 5 nitrogen and oxygen atoms in total. The van der Waals surface area contributed by atoms with Crippen LogP contribution in [0.3, 0.4) is 0 Å². The fraction of sp³-hybridized carbons (Fsp3) is 0.462. The first-order chi connectivity index (χ1) is 9.25. The number of benzene rings is 1. The summed E-state index contributed by atoms with van der Waals surface area (Å²) in [7, 11) is 1.43. The van der Waals surface area contributed by atoms with Gasteiger partial charge in [-0.2, -0.15) is 0 Å². The fourth-order valence-corrected chi connectivity index (χ4v) is 2.45. The number of amides is 1. The molecule has 1 rings (SSSR count). The van der Waals surface area contributed by atoms with Gasteiger partial charge in [0.2, 0.25) is 0 Å². The quantitative estimate of drug-likeness (QED) is 0.815. The first kappa shape index (κ1) is 16.9. The fourth-order valence-electron chi connectivity index (χ4n) is 1.67. The van der Waals surface area contributed by atoms with Crippen LogP contribution >= 0.6 is 10.7 Å². The Morgan fingerprint density at radius 3 is 2.65 bits per heavy atom. The maximum atomic E-state index is 12.0. The van der Waals surface area contributed by atoms with E-state index in [1.165, 1.54) is 12.1 Å². The second-order valence-corrected chi connectivity index (χ2v) is 6.96. The molecule has 0 aliphatic rings. The topological polar surface area (TPSA) is 72.5 Å². The maximum Gasteiger partial charge on any atom is 0.261 e. The van der Waals surface area contributed by atoms with Crippen molar-refractivity contribution in [1.82, 2.24) is 5.32 Å². The summed E-state index contributed by atoms with van der Waals surface area (Å²) in [5.74, 6) is -0.351. The van der Waals surface area contributed by atoms with Gasteiger partial charge in [-0.25, -0.2) is 8.42 Å². The van der Waals surface area contributed by atoms with Gasteiger partial charge in [0, 0.05) is 29.4 Å². The molecule has 7 heteroatoms. The third-order valence-corrected chi connectivity index (χ3v) is 4.09. The lowest BCUT2D eigenvalue weighted by molar-refractivity contribution is 0.0695. The van der Waals surface area contributed by atoms with Gasteiger partial charge in [0.15, 0.2) is 0 Å². The highest BCUT2D eigenvalue weighted by atomic mass is 35.7. The van der Waals surface area contributed by atoms with Gasteiger partial charge in [-0.15, -0.1) is 0 Å². The van der Waals surface area contributed by atoms with Gasteiger partial charge < -0.3 is 10.1 Å². The Morgan fingerprint density at radius 1 is 1.45 bits per heavy atom. The molecule has 0 radical (unpaired) electrons. The summed E-state index contributed by atoms with van der Waals surface area (Å²) in [4.78, 5) is 12.0. The van der Waals surface area contributed by atoms with E-state index in [2.05, 4.69) is 5.32 Å². The highest BCUT2D eigenvalue weighted by Crippen LogP contribution is 2.19. The molecule has 0 fully saturated rings. The molecule has 0 saturated heterocycles.